The van der Waals surface area contributed by atoms with Crippen LogP contribution in [0.25, 0.3) is 0 Å². The molecule has 0 aliphatic carbocycles. The van der Waals surface area contributed by atoms with E-state index in [1.165, 1.54) is 13.8 Å². The maximum atomic E-state index is 12.1. The van der Waals surface area contributed by atoms with Crippen molar-refractivity contribution in [3.05, 3.63) is 0 Å². The first-order valence-corrected chi connectivity index (χ1v) is 23.7. The second-order valence-corrected chi connectivity index (χ2v) is 18.1. The van der Waals surface area contributed by atoms with E-state index in [9.17, 15) is 86.5 Å². The summed E-state index contributed by atoms with van der Waals surface area (Å²) in [5.41, 5.74) is 0. The van der Waals surface area contributed by atoms with Crippen LogP contribution in [0.1, 0.15) is 13.8 Å². The molecule has 0 amide bonds. The minimum atomic E-state index is -2.26. The van der Waals surface area contributed by atoms with Crippen LogP contribution >= 0.6 is 0 Å². The topological polar surface area (TPSA) is 479 Å². The van der Waals surface area contributed by atoms with Gasteiger partial charge in [0.05, 0.1) is 39.6 Å². The Morgan fingerprint density at radius 1 is 0.329 bits per heavy atom. The standard InChI is InChI=1S/C41H68O32/c1-3-59-32-23(54)38-64-14(8-45)29(32)70-37-22(53)19(50)27(12(6-43)63-37)68-35-20(51)17(48)26(11(5-42)61-35)67-36-21(52)18(49)28(13(7-44)62-36)69-40-25(56)34(73-41(57)58)31(16(10-47)66-40)72-39-24(55)33(60-4-2)30(71-38)15(9-46)65-39/h11-40,42-56H,3-10H2,1-2H3,(H,57,58)/t11-,12-,13-,14-,15-,16-,17-,18-,19-,20-,21-,22-,23-,24-,25-,26-,27-,28-,29+,30+,31+,32-,33-,34-,35-,36-,37-,38-,39-,40-/m1/s1. The molecule has 73 heavy (non-hydrogen) atoms. The SMILES string of the molecule is CCO[C@@H]1[C@@H](O)[C@H]2O[C@@H]3[C@H](OCC)[C@@H](O)[C@@H](O[C@@H]4[C@H](OC(=O)O)[C@@H](O)[C@@H](O[C@H]5[C@H](O)[C@@H](O)[C@@H](O[C@H]6[C@H](O)[C@@H](O)[C@@H](O[C@H]7[C@H](O)[C@@H](O)[C@@H](O[C@H]1[C@@H](CO)O2)O[C@@H]7CO)O[C@@H]6CO)O[C@@H]5CO)O[C@@H]4CO)O[C@@H]3CO. The summed E-state index contributed by atoms with van der Waals surface area (Å²) >= 11 is 0. The fourth-order valence-corrected chi connectivity index (χ4v) is 9.90. The number of hydrogen-bond donors (Lipinski definition) is 16. The Morgan fingerprint density at radius 3 is 0.795 bits per heavy atom. The molecule has 22 rings (SSSR count). The molecule has 0 aromatic carbocycles. The Bertz CT molecular complexity index is 1700. The second-order valence-electron chi connectivity index (χ2n) is 18.1. The first kappa shape index (κ1) is 58.8. The number of aliphatic hydroxyl groups is 15. The van der Waals surface area contributed by atoms with Crippen molar-refractivity contribution in [3.63, 3.8) is 0 Å². The Balaban J connectivity index is 1.25. The highest BCUT2D eigenvalue weighted by Crippen LogP contribution is 2.39. The van der Waals surface area contributed by atoms with Crippen LogP contribution in [-0.4, -0.2) is 325 Å². The molecule has 0 spiro atoms. The van der Waals surface area contributed by atoms with Gasteiger partial charge in [0.1, 0.15) is 140 Å². The van der Waals surface area contributed by atoms with E-state index in [1.807, 2.05) is 0 Å². The summed E-state index contributed by atoms with van der Waals surface area (Å²) < 4.78 is 86.9. The second kappa shape index (κ2) is 25.7. The molecule has 32 heteroatoms. The van der Waals surface area contributed by atoms with Crippen LogP contribution in [0.2, 0.25) is 0 Å². The van der Waals surface area contributed by atoms with Gasteiger partial charge in [0, 0.05) is 13.2 Å². The lowest BCUT2D eigenvalue weighted by Crippen LogP contribution is -2.69. The molecule has 22 saturated heterocycles. The largest absolute Gasteiger partial charge is 0.506 e. The van der Waals surface area contributed by atoms with E-state index in [1.54, 1.807) is 0 Å². The number of aliphatic hydroxyl groups excluding tert-OH is 15. The predicted molar refractivity (Wildman–Crippen MR) is 222 cm³/mol. The van der Waals surface area contributed by atoms with Crippen molar-refractivity contribution in [2.45, 2.75) is 198 Å². The lowest BCUT2D eigenvalue weighted by atomic mass is 9.94. The van der Waals surface area contributed by atoms with Crippen LogP contribution in [0, 0.1) is 0 Å². The summed E-state index contributed by atoms with van der Waals surface area (Å²) in [7, 11) is 0. The maximum Gasteiger partial charge on any atom is 0.506 e. The first-order valence-electron chi connectivity index (χ1n) is 23.7. The van der Waals surface area contributed by atoms with Gasteiger partial charge in [-0.05, 0) is 13.8 Å². The Hall–Kier alpha value is -1.89. The summed E-state index contributed by atoms with van der Waals surface area (Å²) in [5, 5.41) is 176. The minimum Gasteiger partial charge on any atom is -0.450 e. The zero-order valence-electron chi connectivity index (χ0n) is 39.2. The van der Waals surface area contributed by atoms with Gasteiger partial charge < -0.3 is 153 Å². The molecule has 0 aromatic heterocycles. The van der Waals surface area contributed by atoms with Crippen LogP contribution in [-0.2, 0) is 71.1 Å². The zero-order valence-corrected chi connectivity index (χ0v) is 39.2. The van der Waals surface area contributed by atoms with Crippen molar-refractivity contribution >= 4 is 6.16 Å². The number of hydrogen-bond acceptors (Lipinski definition) is 31. The van der Waals surface area contributed by atoms with Gasteiger partial charge in [0.25, 0.3) is 0 Å². The van der Waals surface area contributed by atoms with Crippen molar-refractivity contribution in [3.8, 4) is 0 Å². The molecule has 0 radical (unpaired) electrons. The summed E-state index contributed by atoms with van der Waals surface area (Å²) in [4.78, 5) is 12.1. The molecule has 0 aromatic rings. The highest BCUT2D eigenvalue weighted by atomic mass is 16.8. The molecule has 12 bridgehead atoms. The molecule has 30 atom stereocenters. The number of ether oxygens (including phenoxy) is 15. The van der Waals surface area contributed by atoms with E-state index in [-0.39, 0.29) is 13.2 Å². The summed E-state index contributed by atoms with van der Waals surface area (Å²) in [5.74, 6) is 0. The Kier molecular flexibility index (Phi) is 20.7. The molecule has 22 heterocycles. The number of carbonyl (C=O) groups is 1. The zero-order chi connectivity index (χ0) is 53.2. The maximum absolute atomic E-state index is 12.1. The smallest absolute Gasteiger partial charge is 0.450 e. The van der Waals surface area contributed by atoms with Gasteiger partial charge in [-0.3, -0.25) is 0 Å². The molecule has 22 fully saturated rings. The Labute approximate surface area is 414 Å². The average molecular weight is 1070 g/mol. The van der Waals surface area contributed by atoms with Crippen molar-refractivity contribution < 1.29 is 158 Å². The average Bonchev–Trinajstić information content (AvgIpc) is 3.37. The van der Waals surface area contributed by atoms with Gasteiger partial charge in [0.2, 0.25) is 0 Å². The monoisotopic (exact) mass is 1070 g/mol. The Morgan fingerprint density at radius 2 is 0.548 bits per heavy atom. The van der Waals surface area contributed by atoms with Crippen LogP contribution in [0.4, 0.5) is 4.79 Å². The number of carboxylic acid groups (broad SMARTS) is 1. The van der Waals surface area contributed by atoms with Gasteiger partial charge in [-0.2, -0.15) is 0 Å². The molecule has 32 nitrogen and oxygen atoms in total. The van der Waals surface area contributed by atoms with E-state index in [0.717, 1.165) is 0 Å². The van der Waals surface area contributed by atoms with Crippen LogP contribution in [0.15, 0.2) is 0 Å². The van der Waals surface area contributed by atoms with E-state index < -0.39 is 230 Å². The minimum absolute atomic E-state index is 0.131. The highest BCUT2D eigenvalue weighted by Gasteiger charge is 2.60. The van der Waals surface area contributed by atoms with Gasteiger partial charge in [-0.1, -0.05) is 0 Å². The molecule has 22 aliphatic heterocycles. The molecule has 16 N–H and O–H groups in total. The first-order chi connectivity index (χ1) is 34.9. The van der Waals surface area contributed by atoms with E-state index in [0.29, 0.717) is 0 Å². The van der Waals surface area contributed by atoms with Gasteiger partial charge in [0.15, 0.2) is 43.8 Å². The summed E-state index contributed by atoms with van der Waals surface area (Å²) in [6.45, 7) is -3.18. The van der Waals surface area contributed by atoms with E-state index in [4.69, 9.17) is 71.1 Å². The van der Waals surface area contributed by atoms with Crippen LogP contribution in [0.5, 0.6) is 0 Å². The van der Waals surface area contributed by atoms with Crippen molar-refractivity contribution in [2.75, 3.05) is 52.9 Å². The molecule has 0 saturated carbocycles. The van der Waals surface area contributed by atoms with Crippen LogP contribution < -0.4 is 0 Å². The molecular formula is C41H68O32. The molecule has 0 unspecified atom stereocenters. The summed E-state index contributed by atoms with van der Waals surface area (Å²) in [6, 6.07) is 0. The highest BCUT2D eigenvalue weighted by molar-refractivity contribution is 5.57. The van der Waals surface area contributed by atoms with E-state index in [2.05, 4.69) is 0 Å². The third kappa shape index (κ3) is 12.1. The third-order valence-corrected chi connectivity index (χ3v) is 13.5. The van der Waals surface area contributed by atoms with Gasteiger partial charge in [-0.25, -0.2) is 4.79 Å². The lowest BCUT2D eigenvalue weighted by Gasteiger charge is -2.51. The molecular weight excluding hydrogens is 1000 g/mol. The quantitative estimate of drug-likeness (QED) is 0.0854. The van der Waals surface area contributed by atoms with E-state index >= 15 is 0 Å². The number of rotatable bonds is 11. The lowest BCUT2D eigenvalue weighted by molar-refractivity contribution is -0.405. The van der Waals surface area contributed by atoms with Gasteiger partial charge >= 0.3 is 6.16 Å². The molecule has 424 valence electrons. The van der Waals surface area contributed by atoms with Crippen LogP contribution in [0.3, 0.4) is 0 Å². The fraction of sp³-hybridized carbons (Fsp3) is 0.976. The van der Waals surface area contributed by atoms with Gasteiger partial charge in [-0.15, -0.1) is 0 Å². The summed E-state index contributed by atoms with van der Waals surface area (Å²) in [6.07, 6.45) is -58.7. The molecule has 22 aliphatic rings. The third-order valence-electron chi connectivity index (χ3n) is 13.5. The fourth-order valence-electron chi connectivity index (χ4n) is 9.90. The van der Waals surface area contributed by atoms with Crippen molar-refractivity contribution in [1.82, 2.24) is 0 Å². The predicted octanol–water partition coefficient (Wildman–Crippen LogP) is -10.3. The van der Waals surface area contributed by atoms with Crippen molar-refractivity contribution in [2.24, 2.45) is 0 Å². The normalized spacial score (nSPS) is 51.1. The van der Waals surface area contributed by atoms with Crippen molar-refractivity contribution in [1.29, 1.82) is 0 Å².